The third-order valence-corrected chi connectivity index (χ3v) is 12.6. The number of fused-ring (bicyclic) bond motifs is 4. The van der Waals surface area contributed by atoms with Gasteiger partial charge in [-0.1, -0.05) is 29.8 Å². The van der Waals surface area contributed by atoms with Crippen molar-refractivity contribution >= 4 is 69.6 Å². The van der Waals surface area contributed by atoms with Crippen LogP contribution in [0.4, 0.5) is 11.4 Å². The van der Waals surface area contributed by atoms with Gasteiger partial charge in [0.25, 0.3) is 11.8 Å². The number of anilines is 2. The number of carbonyl (C=O) groups excluding carboxylic acids is 5. The predicted octanol–water partition coefficient (Wildman–Crippen LogP) is 6.57. The summed E-state index contributed by atoms with van der Waals surface area (Å²) < 4.78 is 7.95. The molecule has 2 atom stereocenters. The first-order chi connectivity index (χ1) is 30.4. The fourth-order valence-corrected chi connectivity index (χ4v) is 9.25. The number of amides is 5. The van der Waals surface area contributed by atoms with Crippen molar-refractivity contribution in [1.82, 2.24) is 34.9 Å². The molecule has 3 N–H and O–H groups in total. The van der Waals surface area contributed by atoms with Crippen LogP contribution >= 0.6 is 22.9 Å². The normalized spacial score (nSPS) is 16.8. The lowest BCUT2D eigenvalue weighted by Crippen LogP contribution is -2.54. The van der Waals surface area contributed by atoms with E-state index in [4.69, 9.17) is 21.3 Å². The summed E-state index contributed by atoms with van der Waals surface area (Å²) in [5, 5.41) is 18.8. The molecule has 3 aliphatic heterocycles. The van der Waals surface area contributed by atoms with E-state index in [9.17, 15) is 24.0 Å². The summed E-state index contributed by atoms with van der Waals surface area (Å²) in [5.74, 6) is -0.102. The molecule has 0 bridgehead atoms. The number of imide groups is 2. The van der Waals surface area contributed by atoms with Crippen LogP contribution in [0.5, 0.6) is 5.75 Å². The van der Waals surface area contributed by atoms with Crippen LogP contribution in [0.1, 0.15) is 85.7 Å². The number of piperidine rings is 1. The fraction of sp³-hybridized carbons (Fsp3) is 0.244. The van der Waals surface area contributed by atoms with Crippen molar-refractivity contribution in [3.8, 4) is 22.1 Å². The number of ether oxygens (including phenoxy) is 1. The minimum absolute atomic E-state index is 0.00159. The minimum Gasteiger partial charge on any atom is -0.494 e. The molecule has 0 aliphatic carbocycles. The molecule has 0 saturated carbocycles. The highest BCUT2D eigenvalue weighted by Crippen LogP contribution is 2.40. The number of nitrogens with zero attached hydrogens (tertiary/aromatic N) is 7. The van der Waals surface area contributed by atoms with Crippen molar-refractivity contribution in [3.63, 3.8) is 0 Å². The number of thiophene rings is 1. The van der Waals surface area contributed by atoms with E-state index in [1.807, 2.05) is 60.0 Å². The number of hydrogen-bond acceptors (Lipinski definition) is 13. The Morgan fingerprint density at radius 1 is 0.921 bits per heavy atom. The zero-order valence-corrected chi connectivity index (χ0v) is 35.8. The van der Waals surface area contributed by atoms with Crippen molar-refractivity contribution in [2.24, 2.45) is 4.99 Å². The molecule has 6 aromatic rings. The Hall–Kier alpha value is -7.11. The molecule has 318 valence electrons. The van der Waals surface area contributed by atoms with Gasteiger partial charge in [-0.3, -0.25) is 43.7 Å². The number of hydrogen-bond donors (Lipinski definition) is 3. The Morgan fingerprint density at radius 2 is 1.67 bits per heavy atom. The summed E-state index contributed by atoms with van der Waals surface area (Å²) in [5.41, 5.74) is 5.82. The van der Waals surface area contributed by atoms with E-state index in [2.05, 4.69) is 50.0 Å². The lowest BCUT2D eigenvalue weighted by atomic mass is 9.99. The first-order valence-corrected chi connectivity index (χ1v) is 21.4. The zero-order valence-electron chi connectivity index (χ0n) is 34.3. The monoisotopic (exact) mass is 882 g/mol. The van der Waals surface area contributed by atoms with Gasteiger partial charge in [0.1, 0.15) is 28.7 Å². The van der Waals surface area contributed by atoms with Gasteiger partial charge in [0.05, 0.1) is 47.9 Å². The Kier molecular flexibility index (Phi) is 11.1. The number of rotatable bonds is 12. The maximum Gasteiger partial charge on any atom is 0.264 e. The highest BCUT2D eigenvalue weighted by Gasteiger charge is 2.45. The van der Waals surface area contributed by atoms with Gasteiger partial charge >= 0.3 is 0 Å². The van der Waals surface area contributed by atoms with Gasteiger partial charge in [-0.05, 0) is 87.7 Å². The van der Waals surface area contributed by atoms with Gasteiger partial charge in [0.2, 0.25) is 17.7 Å². The SMILES string of the molecule is Cc1sc2c(c1C)C(c1ccc(Cl)cc1)=N[C@@H](CC(=O)Nc1cnc(-c3ccc(OCCCNc4cccc5c4C(=O)N(C4CCC(=O)NC4=O)C5=O)cc3)nc1)c1nnc(C)n1-2. The van der Waals surface area contributed by atoms with E-state index < -0.39 is 35.7 Å². The van der Waals surface area contributed by atoms with Gasteiger partial charge < -0.3 is 15.4 Å². The molecule has 0 spiro atoms. The predicted molar refractivity (Wildman–Crippen MR) is 236 cm³/mol. The van der Waals surface area contributed by atoms with E-state index in [1.165, 1.54) is 0 Å². The molecule has 3 aromatic heterocycles. The summed E-state index contributed by atoms with van der Waals surface area (Å²) in [7, 11) is 0. The largest absolute Gasteiger partial charge is 0.494 e. The summed E-state index contributed by atoms with van der Waals surface area (Å²) in [6, 6.07) is 18.1. The first-order valence-electron chi connectivity index (χ1n) is 20.2. The summed E-state index contributed by atoms with van der Waals surface area (Å²) >= 11 is 7.89. The molecule has 16 nitrogen and oxygen atoms in total. The summed E-state index contributed by atoms with van der Waals surface area (Å²) in [6.45, 7) is 6.86. The standard InChI is InChI=1S/C45H39ClN10O6S/c1-23-24(2)63-45-37(23)39(26-8-12-28(46)13-9-26)51-33(41-54-53-25(3)55(41)45)20-36(58)50-29-21-48-40(49-22-29)27-10-14-30(15-11-27)62-19-5-18-47-32-7-4-6-31-38(32)44(61)56(43(31)60)34-16-17-35(57)52-42(34)59/h4,6-15,21-22,33-34,47H,5,16-20H2,1-3H3,(H,50,58)(H,52,57,59)/t33-,34?/m0/s1. The summed E-state index contributed by atoms with van der Waals surface area (Å²) in [6.07, 6.45) is 3.83. The maximum atomic E-state index is 13.6. The van der Waals surface area contributed by atoms with Gasteiger partial charge in [0.15, 0.2) is 11.6 Å². The van der Waals surface area contributed by atoms with Crippen molar-refractivity contribution in [3.05, 3.63) is 128 Å². The number of nitrogens with one attached hydrogen (secondary N) is 3. The second-order valence-electron chi connectivity index (χ2n) is 15.3. The van der Waals surface area contributed by atoms with Crippen LogP contribution < -0.4 is 20.7 Å². The molecule has 18 heteroatoms. The lowest BCUT2D eigenvalue weighted by Gasteiger charge is -2.27. The number of aryl methyl sites for hydroxylation is 2. The first kappa shape index (κ1) is 41.3. The van der Waals surface area contributed by atoms with Gasteiger partial charge in [-0.2, -0.15) is 0 Å². The topological polar surface area (TPSA) is 203 Å². The fourth-order valence-electron chi connectivity index (χ4n) is 7.91. The second-order valence-corrected chi connectivity index (χ2v) is 16.9. The van der Waals surface area contributed by atoms with E-state index in [0.717, 1.165) is 42.7 Å². The second kappa shape index (κ2) is 17.0. The molecule has 5 amide bonds. The molecular formula is C45H39ClN10O6S. The minimum atomic E-state index is -1.03. The molecule has 63 heavy (non-hydrogen) atoms. The van der Waals surface area contributed by atoms with Crippen molar-refractivity contribution in [2.45, 2.75) is 58.5 Å². The van der Waals surface area contributed by atoms with Gasteiger partial charge in [-0.15, -0.1) is 21.5 Å². The quantitative estimate of drug-likeness (QED) is 0.0887. The number of benzene rings is 3. The highest BCUT2D eigenvalue weighted by molar-refractivity contribution is 7.15. The average molecular weight is 883 g/mol. The average Bonchev–Trinajstić information content (AvgIpc) is 3.85. The van der Waals surface area contributed by atoms with E-state index in [-0.39, 0.29) is 36.3 Å². The molecule has 0 radical (unpaired) electrons. The Labute approximate surface area is 369 Å². The smallest absolute Gasteiger partial charge is 0.264 e. The molecule has 6 heterocycles. The molecule has 1 saturated heterocycles. The van der Waals surface area contributed by atoms with Crippen LogP contribution in [0.15, 0.2) is 84.1 Å². The van der Waals surface area contributed by atoms with Crippen LogP contribution in [0.2, 0.25) is 5.02 Å². The lowest BCUT2D eigenvalue weighted by molar-refractivity contribution is -0.136. The Balaban J connectivity index is 0.796. The number of carbonyl (C=O) groups is 5. The number of aromatic nitrogens is 5. The van der Waals surface area contributed by atoms with Gasteiger partial charge in [0, 0.05) is 45.2 Å². The van der Waals surface area contributed by atoms with E-state index in [0.29, 0.717) is 59.2 Å². The Morgan fingerprint density at radius 3 is 2.41 bits per heavy atom. The van der Waals surface area contributed by atoms with Crippen molar-refractivity contribution < 1.29 is 28.7 Å². The van der Waals surface area contributed by atoms with Crippen molar-refractivity contribution in [2.75, 3.05) is 23.8 Å². The molecule has 9 rings (SSSR count). The van der Waals surface area contributed by atoms with E-state index >= 15 is 0 Å². The van der Waals surface area contributed by atoms with E-state index in [1.54, 1.807) is 41.9 Å². The third-order valence-electron chi connectivity index (χ3n) is 11.2. The summed E-state index contributed by atoms with van der Waals surface area (Å²) in [4.78, 5) is 80.4. The Bertz CT molecular complexity index is 2860. The molecule has 1 unspecified atom stereocenters. The van der Waals surface area contributed by atoms with Crippen LogP contribution in [-0.2, 0) is 14.4 Å². The molecule has 3 aromatic carbocycles. The van der Waals surface area contributed by atoms with Crippen LogP contribution in [0.25, 0.3) is 16.4 Å². The van der Waals surface area contributed by atoms with Gasteiger partial charge in [-0.25, -0.2) is 9.97 Å². The van der Waals surface area contributed by atoms with Crippen LogP contribution in [0.3, 0.4) is 0 Å². The number of halogens is 1. The maximum absolute atomic E-state index is 13.6. The highest BCUT2D eigenvalue weighted by atomic mass is 35.5. The molecular weight excluding hydrogens is 844 g/mol. The van der Waals surface area contributed by atoms with Crippen molar-refractivity contribution in [1.29, 1.82) is 0 Å². The molecule has 3 aliphatic rings. The zero-order chi connectivity index (χ0) is 43.9. The third kappa shape index (κ3) is 7.96. The van der Waals surface area contributed by atoms with Crippen LogP contribution in [0, 0.1) is 20.8 Å². The number of aliphatic imine (C=N–C) groups is 1. The van der Waals surface area contributed by atoms with Crippen LogP contribution in [-0.4, -0.2) is 84.1 Å². The molecule has 1 fully saturated rings.